The van der Waals surface area contributed by atoms with Gasteiger partial charge in [-0.1, -0.05) is 23.7 Å². The summed E-state index contributed by atoms with van der Waals surface area (Å²) in [5.74, 6) is 0.931. The molecule has 7 nitrogen and oxygen atoms in total. The maximum Gasteiger partial charge on any atom is 0.324 e. The van der Waals surface area contributed by atoms with Gasteiger partial charge in [0.15, 0.2) is 5.82 Å². The Morgan fingerprint density at radius 1 is 1.12 bits per heavy atom. The Morgan fingerprint density at radius 3 is 2.62 bits per heavy atom. The van der Waals surface area contributed by atoms with Crippen molar-refractivity contribution in [2.24, 2.45) is 0 Å². The van der Waals surface area contributed by atoms with Crippen molar-refractivity contribution in [1.29, 1.82) is 0 Å². The molecule has 0 fully saturated rings. The molecule has 2 heterocycles. The van der Waals surface area contributed by atoms with Gasteiger partial charge in [0.05, 0.1) is 16.4 Å². The molecule has 3 aromatic rings. The normalized spacial score (nSPS) is 10.5. The van der Waals surface area contributed by atoms with E-state index in [1.807, 2.05) is 19.9 Å². The number of urea groups is 1. The van der Waals surface area contributed by atoms with Crippen molar-refractivity contribution >= 4 is 29.1 Å². The molecule has 0 radical (unpaired) electrons. The highest BCUT2D eigenvalue weighted by Gasteiger charge is 2.09. The lowest BCUT2D eigenvalue weighted by Crippen LogP contribution is -2.20. The predicted octanol–water partition coefficient (Wildman–Crippen LogP) is 3.58. The van der Waals surface area contributed by atoms with Crippen LogP contribution in [0.2, 0.25) is 5.02 Å². The molecule has 0 saturated heterocycles. The minimum atomic E-state index is -0.443. The summed E-state index contributed by atoms with van der Waals surface area (Å²) >= 11 is 6.02. The number of aromatic nitrogens is 4. The Hall–Kier alpha value is -2.93. The van der Waals surface area contributed by atoms with Crippen molar-refractivity contribution in [1.82, 2.24) is 19.7 Å². The van der Waals surface area contributed by atoms with E-state index in [2.05, 4.69) is 25.7 Å². The number of hydrogen-bond donors (Lipinski definition) is 2. The van der Waals surface area contributed by atoms with Crippen LogP contribution in [0.4, 0.5) is 16.3 Å². The Bertz CT molecular complexity index is 892. The van der Waals surface area contributed by atoms with Crippen LogP contribution in [0.5, 0.6) is 0 Å². The molecule has 24 heavy (non-hydrogen) atoms. The number of carbonyl (C=O) groups is 1. The number of para-hydroxylation sites is 1. The van der Waals surface area contributed by atoms with Crippen molar-refractivity contribution in [2.75, 3.05) is 10.6 Å². The van der Waals surface area contributed by atoms with E-state index in [9.17, 15) is 4.79 Å². The second-order valence-corrected chi connectivity index (χ2v) is 5.57. The molecule has 0 aliphatic rings. The van der Waals surface area contributed by atoms with Crippen molar-refractivity contribution < 1.29 is 4.79 Å². The fourth-order valence-electron chi connectivity index (χ4n) is 2.22. The first-order valence-corrected chi connectivity index (χ1v) is 7.59. The van der Waals surface area contributed by atoms with Crippen molar-refractivity contribution in [2.45, 2.75) is 13.8 Å². The number of nitrogens with zero attached hydrogens (tertiary/aromatic N) is 4. The third-order valence-electron chi connectivity index (χ3n) is 3.24. The quantitative estimate of drug-likeness (QED) is 0.762. The number of carbonyl (C=O) groups excluding carboxylic acids is 1. The number of rotatable bonds is 3. The van der Waals surface area contributed by atoms with Crippen molar-refractivity contribution in [3.8, 4) is 5.82 Å². The molecule has 2 amide bonds. The van der Waals surface area contributed by atoms with Gasteiger partial charge >= 0.3 is 6.03 Å². The molecule has 2 aromatic heterocycles. The lowest BCUT2D eigenvalue weighted by Gasteiger charge is -2.09. The average molecular weight is 343 g/mol. The summed E-state index contributed by atoms with van der Waals surface area (Å²) in [5.41, 5.74) is 2.35. The average Bonchev–Trinajstić information content (AvgIpc) is 2.88. The van der Waals surface area contributed by atoms with Crippen LogP contribution in [-0.4, -0.2) is 25.8 Å². The summed E-state index contributed by atoms with van der Waals surface area (Å²) in [7, 11) is 0. The van der Waals surface area contributed by atoms with Gasteiger partial charge in [-0.15, -0.1) is 0 Å². The van der Waals surface area contributed by atoms with Crippen LogP contribution < -0.4 is 10.6 Å². The van der Waals surface area contributed by atoms with Gasteiger partial charge in [-0.05, 0) is 32.0 Å². The summed E-state index contributed by atoms with van der Waals surface area (Å²) < 4.78 is 1.69. The third kappa shape index (κ3) is 3.52. The molecule has 0 unspecified atom stereocenters. The van der Waals surface area contributed by atoms with E-state index in [0.29, 0.717) is 22.3 Å². The molecular weight excluding hydrogens is 328 g/mol. The molecule has 122 valence electrons. The molecule has 2 N–H and O–H groups in total. The third-order valence-corrected chi connectivity index (χ3v) is 3.57. The van der Waals surface area contributed by atoms with E-state index in [0.717, 1.165) is 11.4 Å². The standard InChI is InChI=1S/C16H15ClN6O/c1-10-7-11(2)23(22-10)15-8-14(18-9-19-15)21-16(24)20-13-6-4-3-5-12(13)17/h3-9H,1-2H3,(H2,18,19,20,21,24). The molecule has 0 bridgehead atoms. The van der Waals surface area contributed by atoms with Crippen LogP contribution in [0.15, 0.2) is 42.7 Å². The fourth-order valence-corrected chi connectivity index (χ4v) is 2.41. The van der Waals surface area contributed by atoms with E-state index < -0.39 is 6.03 Å². The maximum absolute atomic E-state index is 12.1. The first-order chi connectivity index (χ1) is 11.5. The van der Waals surface area contributed by atoms with Crippen LogP contribution >= 0.6 is 11.6 Å². The molecule has 0 saturated carbocycles. The number of amides is 2. The van der Waals surface area contributed by atoms with Gasteiger partial charge in [-0.2, -0.15) is 5.10 Å². The minimum Gasteiger partial charge on any atom is -0.306 e. The SMILES string of the molecule is Cc1cc(C)n(-c2cc(NC(=O)Nc3ccccc3Cl)ncn2)n1. The van der Waals surface area contributed by atoms with Crippen LogP contribution in [0.3, 0.4) is 0 Å². The molecular formula is C16H15ClN6O. The lowest BCUT2D eigenvalue weighted by molar-refractivity contribution is 0.262. The van der Waals surface area contributed by atoms with Gasteiger partial charge in [0, 0.05) is 11.8 Å². The van der Waals surface area contributed by atoms with Gasteiger partial charge in [-0.3, -0.25) is 5.32 Å². The summed E-state index contributed by atoms with van der Waals surface area (Å²) in [4.78, 5) is 20.3. The summed E-state index contributed by atoms with van der Waals surface area (Å²) in [6, 6.07) is 10.1. The monoisotopic (exact) mass is 342 g/mol. The molecule has 0 spiro atoms. The van der Waals surface area contributed by atoms with Crippen molar-refractivity contribution in [3.63, 3.8) is 0 Å². The maximum atomic E-state index is 12.1. The van der Waals surface area contributed by atoms with Gasteiger partial charge < -0.3 is 5.32 Å². The summed E-state index contributed by atoms with van der Waals surface area (Å²) in [5, 5.41) is 10.1. The largest absolute Gasteiger partial charge is 0.324 e. The second-order valence-electron chi connectivity index (χ2n) is 5.16. The molecule has 1 aromatic carbocycles. The second kappa shape index (κ2) is 6.67. The van der Waals surface area contributed by atoms with Crippen LogP contribution in [0.1, 0.15) is 11.4 Å². The molecule has 3 rings (SSSR count). The Labute approximate surface area is 143 Å². The zero-order valence-electron chi connectivity index (χ0n) is 13.1. The van der Waals surface area contributed by atoms with Crippen LogP contribution in [-0.2, 0) is 0 Å². The zero-order chi connectivity index (χ0) is 17.1. The minimum absolute atomic E-state index is 0.358. The van der Waals surface area contributed by atoms with Gasteiger partial charge in [0.1, 0.15) is 12.1 Å². The lowest BCUT2D eigenvalue weighted by atomic mass is 10.3. The predicted molar refractivity (Wildman–Crippen MR) is 92.7 cm³/mol. The van der Waals surface area contributed by atoms with E-state index in [1.165, 1.54) is 6.33 Å². The smallest absolute Gasteiger partial charge is 0.306 e. The summed E-state index contributed by atoms with van der Waals surface area (Å²) in [6.07, 6.45) is 1.37. The fraction of sp³-hybridized carbons (Fsp3) is 0.125. The van der Waals surface area contributed by atoms with E-state index in [1.54, 1.807) is 35.0 Å². The molecule has 0 aliphatic heterocycles. The Balaban J connectivity index is 1.76. The van der Waals surface area contributed by atoms with E-state index >= 15 is 0 Å². The topological polar surface area (TPSA) is 84.7 Å². The highest BCUT2D eigenvalue weighted by atomic mass is 35.5. The van der Waals surface area contributed by atoms with E-state index in [-0.39, 0.29) is 0 Å². The van der Waals surface area contributed by atoms with Gasteiger partial charge in [0.2, 0.25) is 0 Å². The zero-order valence-corrected chi connectivity index (χ0v) is 13.9. The highest BCUT2D eigenvalue weighted by molar-refractivity contribution is 6.33. The number of halogens is 1. The highest BCUT2D eigenvalue weighted by Crippen LogP contribution is 2.20. The van der Waals surface area contributed by atoms with Gasteiger partial charge in [-0.25, -0.2) is 19.4 Å². The number of anilines is 2. The van der Waals surface area contributed by atoms with Crippen LogP contribution in [0.25, 0.3) is 5.82 Å². The number of nitrogens with one attached hydrogen (secondary N) is 2. The summed E-state index contributed by atoms with van der Waals surface area (Å²) in [6.45, 7) is 3.83. The molecule has 0 aliphatic carbocycles. The first kappa shape index (κ1) is 15.9. The number of hydrogen-bond acceptors (Lipinski definition) is 4. The molecule has 8 heteroatoms. The van der Waals surface area contributed by atoms with Crippen molar-refractivity contribution in [3.05, 3.63) is 59.1 Å². The van der Waals surface area contributed by atoms with Crippen LogP contribution in [0, 0.1) is 13.8 Å². The Morgan fingerprint density at radius 2 is 1.92 bits per heavy atom. The van der Waals surface area contributed by atoms with E-state index in [4.69, 9.17) is 11.6 Å². The number of benzene rings is 1. The molecule has 0 atom stereocenters. The Kier molecular flexibility index (Phi) is 4.43. The number of aryl methyl sites for hydroxylation is 2. The first-order valence-electron chi connectivity index (χ1n) is 7.21. The van der Waals surface area contributed by atoms with Gasteiger partial charge in [0.25, 0.3) is 0 Å².